The van der Waals surface area contributed by atoms with E-state index in [-0.39, 0.29) is 5.78 Å². The monoisotopic (exact) mass is 411 g/mol. The number of fused-ring (bicyclic) bond motifs is 1. The number of hydrogen-bond donors (Lipinski definition) is 1. The number of carbonyl (C=O) groups is 1. The summed E-state index contributed by atoms with van der Waals surface area (Å²) < 4.78 is 6.52. The van der Waals surface area contributed by atoms with Crippen molar-refractivity contribution >= 4 is 28.5 Å². The number of ether oxygens (including phenoxy) is 1. The zero-order valence-corrected chi connectivity index (χ0v) is 16.7. The van der Waals surface area contributed by atoms with Crippen molar-refractivity contribution in [3.8, 4) is 5.75 Å². The first-order valence-corrected chi connectivity index (χ1v) is 10.6. The lowest BCUT2D eigenvalue weighted by atomic mass is 9.83. The van der Waals surface area contributed by atoms with Gasteiger partial charge in [0.15, 0.2) is 0 Å². The summed E-state index contributed by atoms with van der Waals surface area (Å²) in [6, 6.07) is 25.5. The smallest absolute Gasteiger partial charge is 0.280 e. The van der Waals surface area contributed by atoms with Crippen molar-refractivity contribution in [3.05, 3.63) is 107 Å². The molecule has 0 saturated heterocycles. The van der Waals surface area contributed by atoms with Gasteiger partial charge in [-0.1, -0.05) is 48.5 Å². The molecule has 0 bridgehead atoms. The van der Waals surface area contributed by atoms with Gasteiger partial charge in [0.05, 0.1) is 11.4 Å². The van der Waals surface area contributed by atoms with Crippen LogP contribution >= 0.6 is 11.3 Å². The number of benzene rings is 2. The molecular formula is C24H17N3O2S. The summed E-state index contributed by atoms with van der Waals surface area (Å²) in [5.41, 5.74) is 2.15. The summed E-state index contributed by atoms with van der Waals surface area (Å²) >= 11 is 1.41. The number of nitrogens with one attached hydrogen (secondary N) is 1. The molecule has 0 radical (unpaired) electrons. The molecule has 2 aromatic heterocycles. The molecule has 4 heterocycles. The number of rotatable bonds is 3. The Bertz CT molecular complexity index is 1250. The number of carbonyl (C=O) groups excluding carboxylic acids is 1. The van der Waals surface area contributed by atoms with Crippen molar-refractivity contribution < 1.29 is 9.53 Å². The number of hydrogen-bond acceptors (Lipinski definition) is 5. The maximum absolute atomic E-state index is 13.9. The molecule has 146 valence electrons. The SMILES string of the molecule is O=C1c2sccc2OC12C(c1ccc[nH]1)C(c1ccccc1)=NN2c1ccccc1. The summed E-state index contributed by atoms with van der Waals surface area (Å²) in [5, 5.41) is 8.65. The van der Waals surface area contributed by atoms with Crippen LogP contribution in [-0.2, 0) is 0 Å². The largest absolute Gasteiger partial charge is 0.455 e. The molecule has 0 amide bonds. The zero-order chi connectivity index (χ0) is 20.1. The van der Waals surface area contributed by atoms with Gasteiger partial charge in [0.2, 0.25) is 5.78 Å². The van der Waals surface area contributed by atoms with E-state index in [0.717, 1.165) is 22.7 Å². The molecule has 4 aromatic rings. The first-order chi connectivity index (χ1) is 14.8. The summed E-state index contributed by atoms with van der Waals surface area (Å²) in [5.74, 6) is 0.139. The Kier molecular flexibility index (Phi) is 3.70. The fourth-order valence-electron chi connectivity index (χ4n) is 4.33. The van der Waals surface area contributed by atoms with Gasteiger partial charge in [-0.3, -0.25) is 4.79 Å². The van der Waals surface area contributed by atoms with Crippen LogP contribution in [0.25, 0.3) is 0 Å². The van der Waals surface area contributed by atoms with Crippen LogP contribution in [0.1, 0.15) is 26.8 Å². The lowest BCUT2D eigenvalue weighted by Gasteiger charge is -2.36. The second kappa shape index (κ2) is 6.43. The zero-order valence-electron chi connectivity index (χ0n) is 15.9. The molecule has 2 atom stereocenters. The maximum atomic E-state index is 13.9. The van der Waals surface area contributed by atoms with E-state index in [9.17, 15) is 4.79 Å². The van der Waals surface area contributed by atoms with E-state index < -0.39 is 11.6 Å². The summed E-state index contributed by atoms with van der Waals surface area (Å²) in [6.07, 6.45) is 1.87. The van der Waals surface area contributed by atoms with Crippen LogP contribution in [0.4, 0.5) is 5.69 Å². The number of H-pyrrole nitrogens is 1. The van der Waals surface area contributed by atoms with Gasteiger partial charge in [0.1, 0.15) is 16.5 Å². The Morgan fingerprint density at radius 1 is 0.967 bits per heavy atom. The number of aromatic nitrogens is 1. The van der Waals surface area contributed by atoms with E-state index in [1.54, 1.807) is 5.01 Å². The Morgan fingerprint density at radius 3 is 2.43 bits per heavy atom. The van der Waals surface area contributed by atoms with Crippen LogP contribution in [0.3, 0.4) is 0 Å². The Labute approximate surface area is 177 Å². The summed E-state index contributed by atoms with van der Waals surface area (Å²) in [7, 11) is 0. The number of para-hydroxylation sites is 1. The number of hydrazone groups is 1. The fraction of sp³-hybridized carbons (Fsp3) is 0.0833. The first kappa shape index (κ1) is 17.2. The molecule has 1 N–H and O–H groups in total. The van der Waals surface area contributed by atoms with Crippen molar-refractivity contribution in [1.29, 1.82) is 0 Å². The quantitative estimate of drug-likeness (QED) is 0.513. The van der Waals surface area contributed by atoms with Crippen molar-refractivity contribution in [2.24, 2.45) is 5.10 Å². The van der Waals surface area contributed by atoms with E-state index in [1.165, 1.54) is 11.3 Å². The van der Waals surface area contributed by atoms with Crippen LogP contribution in [0, 0.1) is 0 Å². The number of thiophene rings is 1. The third-order valence-corrected chi connectivity index (χ3v) is 6.51. The Balaban J connectivity index is 1.62. The highest BCUT2D eigenvalue weighted by atomic mass is 32.1. The molecule has 0 aliphatic carbocycles. The first-order valence-electron chi connectivity index (χ1n) is 9.73. The van der Waals surface area contributed by atoms with E-state index in [2.05, 4.69) is 4.98 Å². The van der Waals surface area contributed by atoms with Crippen LogP contribution in [0.5, 0.6) is 5.75 Å². The molecule has 6 heteroatoms. The Hall–Kier alpha value is -3.64. The van der Waals surface area contributed by atoms with Gasteiger partial charge >= 0.3 is 0 Å². The Morgan fingerprint density at radius 2 is 1.73 bits per heavy atom. The second-order valence-electron chi connectivity index (χ2n) is 7.30. The number of Topliss-reactive ketones (excluding diaryl/α,β-unsaturated/α-hetero) is 1. The molecule has 30 heavy (non-hydrogen) atoms. The predicted octanol–water partition coefficient (Wildman–Crippen LogP) is 5.06. The minimum atomic E-state index is -1.31. The van der Waals surface area contributed by atoms with E-state index >= 15 is 0 Å². The highest BCUT2D eigenvalue weighted by Gasteiger charge is 2.64. The molecule has 0 fully saturated rings. The molecular weight excluding hydrogens is 394 g/mol. The molecule has 1 spiro atoms. The fourth-order valence-corrected chi connectivity index (χ4v) is 5.14. The average Bonchev–Trinajstić information content (AvgIpc) is 3.57. The van der Waals surface area contributed by atoms with Crippen LogP contribution in [0.2, 0.25) is 0 Å². The highest BCUT2D eigenvalue weighted by Crippen LogP contribution is 2.52. The van der Waals surface area contributed by atoms with Crippen molar-refractivity contribution in [2.45, 2.75) is 11.6 Å². The standard InChI is InChI=1S/C24H17N3O2S/c28-23-22-19(13-15-30-22)29-24(23)20(18-12-7-14-25-18)21(16-8-3-1-4-9-16)26-27(24)17-10-5-2-6-11-17/h1-15,20,25H. The van der Waals surface area contributed by atoms with Gasteiger partial charge in [0.25, 0.3) is 5.72 Å². The predicted molar refractivity (Wildman–Crippen MR) is 117 cm³/mol. The highest BCUT2D eigenvalue weighted by molar-refractivity contribution is 7.12. The van der Waals surface area contributed by atoms with Gasteiger partial charge in [-0.25, -0.2) is 5.01 Å². The van der Waals surface area contributed by atoms with Gasteiger partial charge in [-0.15, -0.1) is 11.3 Å². The lowest BCUT2D eigenvalue weighted by molar-refractivity contribution is 0.0544. The topological polar surface area (TPSA) is 57.7 Å². The van der Waals surface area contributed by atoms with Gasteiger partial charge in [0, 0.05) is 11.9 Å². The third kappa shape index (κ3) is 2.28. The van der Waals surface area contributed by atoms with E-state index in [0.29, 0.717) is 10.6 Å². The van der Waals surface area contributed by atoms with Gasteiger partial charge < -0.3 is 9.72 Å². The second-order valence-corrected chi connectivity index (χ2v) is 8.21. The van der Waals surface area contributed by atoms with Gasteiger partial charge in [-0.2, -0.15) is 5.10 Å². The van der Waals surface area contributed by atoms with Crippen LogP contribution in [0.15, 0.2) is 95.5 Å². The van der Waals surface area contributed by atoms with Crippen molar-refractivity contribution in [1.82, 2.24) is 4.98 Å². The summed E-state index contributed by atoms with van der Waals surface area (Å²) in [6.45, 7) is 0. The molecule has 5 nitrogen and oxygen atoms in total. The van der Waals surface area contributed by atoms with Crippen LogP contribution < -0.4 is 9.75 Å². The molecule has 2 aromatic carbocycles. The van der Waals surface area contributed by atoms with Crippen molar-refractivity contribution in [3.63, 3.8) is 0 Å². The molecule has 2 unspecified atom stereocenters. The molecule has 6 rings (SSSR count). The minimum Gasteiger partial charge on any atom is -0.455 e. The maximum Gasteiger partial charge on any atom is 0.280 e. The number of aromatic amines is 1. The minimum absolute atomic E-state index is 0.0642. The number of nitrogens with zero attached hydrogens (tertiary/aromatic N) is 2. The molecule has 0 saturated carbocycles. The van der Waals surface area contributed by atoms with Crippen LogP contribution in [-0.4, -0.2) is 22.2 Å². The number of anilines is 1. The average molecular weight is 411 g/mol. The third-order valence-electron chi connectivity index (χ3n) is 5.62. The number of ketones is 1. The van der Waals surface area contributed by atoms with E-state index in [1.807, 2.05) is 90.4 Å². The molecule has 2 aliphatic heterocycles. The molecule has 2 aliphatic rings. The lowest BCUT2D eigenvalue weighted by Crippen LogP contribution is -2.56. The van der Waals surface area contributed by atoms with E-state index in [4.69, 9.17) is 9.84 Å². The summed E-state index contributed by atoms with van der Waals surface area (Å²) in [4.78, 5) is 17.8. The normalized spacial score (nSPS) is 22.3. The van der Waals surface area contributed by atoms with Crippen molar-refractivity contribution in [2.75, 3.05) is 5.01 Å². The van der Waals surface area contributed by atoms with Gasteiger partial charge in [-0.05, 0) is 41.3 Å².